The van der Waals surface area contributed by atoms with Crippen molar-refractivity contribution in [2.75, 3.05) is 44.2 Å². The highest BCUT2D eigenvalue weighted by atomic mass is 32.1. The van der Waals surface area contributed by atoms with Crippen LogP contribution in [0.15, 0.2) is 24.3 Å². The van der Waals surface area contributed by atoms with Crippen LogP contribution in [0.1, 0.15) is 31.2 Å². The van der Waals surface area contributed by atoms with Crippen molar-refractivity contribution >= 4 is 22.6 Å². The predicted molar refractivity (Wildman–Crippen MR) is 107 cm³/mol. The molecule has 0 saturated carbocycles. The normalized spacial score (nSPS) is 20.7. The van der Waals surface area contributed by atoms with Gasteiger partial charge in [0.25, 0.3) is 0 Å². The van der Waals surface area contributed by atoms with Gasteiger partial charge in [-0.2, -0.15) is 4.37 Å². The molecular formula is C20H27FN5OS+. The van der Waals surface area contributed by atoms with Crippen molar-refractivity contribution in [3.63, 3.8) is 0 Å². The number of rotatable bonds is 5. The summed E-state index contributed by atoms with van der Waals surface area (Å²) >= 11 is 1.36. The van der Waals surface area contributed by atoms with Crippen LogP contribution in [0.2, 0.25) is 0 Å². The molecule has 2 fully saturated rings. The second-order valence-corrected chi connectivity index (χ2v) is 8.31. The van der Waals surface area contributed by atoms with Gasteiger partial charge in [0.2, 0.25) is 11.0 Å². The van der Waals surface area contributed by atoms with E-state index in [1.54, 1.807) is 17.0 Å². The molecule has 3 heterocycles. The van der Waals surface area contributed by atoms with Crippen LogP contribution in [0.5, 0.6) is 0 Å². The number of piperazine rings is 1. The van der Waals surface area contributed by atoms with E-state index < -0.39 is 0 Å². The second kappa shape index (κ2) is 8.53. The van der Waals surface area contributed by atoms with Gasteiger partial charge in [-0.15, -0.1) is 0 Å². The lowest BCUT2D eigenvalue weighted by Crippen LogP contribution is -3.14. The van der Waals surface area contributed by atoms with Crippen LogP contribution in [0.25, 0.3) is 0 Å². The van der Waals surface area contributed by atoms with Crippen LogP contribution in [-0.4, -0.2) is 65.5 Å². The van der Waals surface area contributed by atoms with Crippen LogP contribution in [0, 0.1) is 5.82 Å². The van der Waals surface area contributed by atoms with Crippen molar-refractivity contribution in [2.45, 2.75) is 32.2 Å². The Labute approximate surface area is 169 Å². The van der Waals surface area contributed by atoms with E-state index in [1.807, 2.05) is 4.90 Å². The van der Waals surface area contributed by atoms with Crippen LogP contribution in [0.3, 0.4) is 0 Å². The second-order valence-electron chi connectivity index (χ2n) is 7.58. The third-order valence-corrected chi connectivity index (χ3v) is 6.59. The zero-order chi connectivity index (χ0) is 19.5. The highest BCUT2D eigenvalue weighted by molar-refractivity contribution is 7.09. The summed E-state index contributed by atoms with van der Waals surface area (Å²) in [6, 6.07) is 6.32. The molecule has 1 N–H and O–H groups in total. The molecule has 1 aromatic carbocycles. The first-order chi connectivity index (χ1) is 13.6. The van der Waals surface area contributed by atoms with Crippen molar-refractivity contribution in [3.8, 4) is 0 Å². The van der Waals surface area contributed by atoms with Crippen molar-refractivity contribution in [3.05, 3.63) is 41.5 Å². The molecule has 150 valence electrons. The molecular weight excluding hydrogens is 377 g/mol. The Morgan fingerprint density at radius 2 is 2.00 bits per heavy atom. The van der Waals surface area contributed by atoms with Crippen molar-refractivity contribution < 1.29 is 14.1 Å². The highest BCUT2D eigenvalue weighted by Crippen LogP contribution is 2.28. The molecule has 2 saturated heterocycles. The van der Waals surface area contributed by atoms with Gasteiger partial charge in [0.1, 0.15) is 17.7 Å². The topological polar surface area (TPSA) is 53.8 Å². The van der Waals surface area contributed by atoms with Crippen LogP contribution >= 0.6 is 11.5 Å². The van der Waals surface area contributed by atoms with E-state index in [1.165, 1.54) is 23.7 Å². The first-order valence-corrected chi connectivity index (χ1v) is 10.9. The van der Waals surface area contributed by atoms with Gasteiger partial charge in [-0.1, -0.05) is 12.1 Å². The Bertz CT molecular complexity index is 803. The largest absolute Gasteiger partial charge is 0.335 e. The fourth-order valence-electron chi connectivity index (χ4n) is 4.08. The number of anilines is 1. The van der Waals surface area contributed by atoms with E-state index in [9.17, 15) is 9.18 Å². The fourth-order valence-corrected chi connectivity index (χ4v) is 4.84. The number of halogens is 1. The lowest BCUT2D eigenvalue weighted by atomic mass is 10.1. The van der Waals surface area contributed by atoms with Gasteiger partial charge in [0.05, 0.1) is 32.7 Å². The Kier molecular flexibility index (Phi) is 5.87. The summed E-state index contributed by atoms with van der Waals surface area (Å²) in [7, 11) is 0. The maximum Gasteiger partial charge on any atom is 0.245 e. The van der Waals surface area contributed by atoms with Gasteiger partial charge < -0.3 is 14.7 Å². The van der Waals surface area contributed by atoms with E-state index >= 15 is 0 Å². The van der Waals surface area contributed by atoms with E-state index in [0.29, 0.717) is 6.42 Å². The first-order valence-electron chi connectivity index (χ1n) is 10.1. The lowest BCUT2D eigenvalue weighted by molar-refractivity contribution is -0.902. The minimum absolute atomic E-state index is 0.116. The molecule has 0 bridgehead atoms. The Hall–Kier alpha value is -2.06. The van der Waals surface area contributed by atoms with Crippen LogP contribution in [0.4, 0.5) is 9.52 Å². The zero-order valence-corrected chi connectivity index (χ0v) is 17.1. The maximum atomic E-state index is 13.1. The molecule has 6 nitrogen and oxygen atoms in total. The Morgan fingerprint density at radius 3 is 2.71 bits per heavy atom. The number of carbonyl (C=O) groups excluding carboxylic acids is 1. The minimum Gasteiger partial charge on any atom is -0.335 e. The third kappa shape index (κ3) is 4.17. The quantitative estimate of drug-likeness (QED) is 0.807. The molecule has 0 unspecified atom stereocenters. The number of nitrogens with zero attached hydrogens (tertiary/aromatic N) is 4. The van der Waals surface area contributed by atoms with E-state index in [0.717, 1.165) is 68.6 Å². The number of nitrogens with one attached hydrogen (secondary N) is 1. The molecule has 28 heavy (non-hydrogen) atoms. The highest BCUT2D eigenvalue weighted by Gasteiger charge is 2.37. The number of hydrogen-bond acceptors (Lipinski definition) is 5. The monoisotopic (exact) mass is 404 g/mol. The van der Waals surface area contributed by atoms with E-state index in [2.05, 4.69) is 21.2 Å². The summed E-state index contributed by atoms with van der Waals surface area (Å²) in [5, 5.41) is 0.825. The van der Waals surface area contributed by atoms with Gasteiger partial charge >= 0.3 is 0 Å². The molecule has 0 aliphatic carbocycles. The van der Waals surface area contributed by atoms with Crippen LogP contribution in [-0.2, 0) is 11.2 Å². The molecule has 8 heteroatoms. The summed E-state index contributed by atoms with van der Waals surface area (Å²) in [6.45, 7) is 7.94. The van der Waals surface area contributed by atoms with Crippen molar-refractivity contribution in [2.24, 2.45) is 0 Å². The molecule has 0 spiro atoms. The zero-order valence-electron chi connectivity index (χ0n) is 16.2. The molecule has 2 aliphatic heterocycles. The van der Waals surface area contributed by atoms with Crippen molar-refractivity contribution in [1.29, 1.82) is 0 Å². The summed E-state index contributed by atoms with van der Waals surface area (Å²) in [5.74, 6) is 0.725. The molecule has 1 amide bonds. The number of quaternary nitrogens is 1. The van der Waals surface area contributed by atoms with Crippen LogP contribution < -0.4 is 9.80 Å². The average Bonchev–Trinajstić information content (AvgIpc) is 3.38. The number of hydrogen-bond donors (Lipinski definition) is 1. The smallest absolute Gasteiger partial charge is 0.245 e. The number of carbonyl (C=O) groups is 1. The Morgan fingerprint density at radius 1 is 1.25 bits per heavy atom. The summed E-state index contributed by atoms with van der Waals surface area (Å²) in [4.78, 5) is 23.5. The number of amides is 1. The standard InChI is InChI=1S/C20H26FN5OS/c1-2-24-10-12-25(13-11-24)19(27)17-4-3-9-26(17)20-22-18(23-28-20)14-15-5-7-16(21)8-6-15/h5-8,17H,2-4,9-14H2,1H3/p+1/t17-/m1/s1. The number of aromatic nitrogens is 2. The number of likely N-dealkylation sites (N-methyl/N-ethyl adjacent to an activating group) is 1. The Balaban J connectivity index is 1.41. The van der Waals surface area contributed by atoms with Gasteiger partial charge in [0.15, 0.2) is 0 Å². The van der Waals surface area contributed by atoms with Gasteiger partial charge in [-0.25, -0.2) is 9.37 Å². The molecule has 0 radical (unpaired) electrons. The van der Waals surface area contributed by atoms with Gasteiger partial charge in [-0.3, -0.25) is 4.79 Å². The maximum absolute atomic E-state index is 13.1. The summed E-state index contributed by atoms with van der Waals surface area (Å²) in [5.41, 5.74) is 0.982. The summed E-state index contributed by atoms with van der Waals surface area (Å²) < 4.78 is 17.5. The fraction of sp³-hybridized carbons (Fsp3) is 0.550. The molecule has 4 rings (SSSR count). The molecule has 1 aromatic heterocycles. The number of benzene rings is 1. The summed E-state index contributed by atoms with van der Waals surface area (Å²) in [6.07, 6.45) is 2.46. The molecule has 2 aliphatic rings. The van der Waals surface area contributed by atoms with Gasteiger partial charge in [-0.05, 0) is 37.5 Å². The van der Waals surface area contributed by atoms with E-state index in [-0.39, 0.29) is 17.8 Å². The van der Waals surface area contributed by atoms with Gasteiger partial charge in [0, 0.05) is 24.5 Å². The van der Waals surface area contributed by atoms with Crippen molar-refractivity contribution in [1.82, 2.24) is 14.3 Å². The lowest BCUT2D eigenvalue weighted by Gasteiger charge is -2.34. The molecule has 1 atom stereocenters. The predicted octanol–water partition coefficient (Wildman–Crippen LogP) is 0.984. The third-order valence-electron chi connectivity index (χ3n) is 5.80. The molecule has 2 aromatic rings. The minimum atomic E-state index is -0.240. The SMILES string of the molecule is CC[NH+]1CCN(C(=O)[C@H]2CCCN2c2nc(Cc3ccc(F)cc3)ns2)CC1. The first kappa shape index (κ1) is 19.3. The average molecular weight is 405 g/mol. The van der Waals surface area contributed by atoms with E-state index in [4.69, 9.17) is 0 Å².